The molecule has 1 aromatic carbocycles. The Morgan fingerprint density at radius 3 is 2.60 bits per heavy atom. The summed E-state index contributed by atoms with van der Waals surface area (Å²) < 4.78 is 19.6. The summed E-state index contributed by atoms with van der Waals surface area (Å²) in [5.74, 6) is 0.278. The highest BCUT2D eigenvalue weighted by molar-refractivity contribution is 5.61. The molecule has 0 bridgehead atoms. The fourth-order valence-electron chi connectivity index (χ4n) is 1.92. The van der Waals surface area contributed by atoms with Crippen molar-refractivity contribution in [2.24, 2.45) is 0 Å². The number of hydrogen-bond donors (Lipinski definition) is 0. The van der Waals surface area contributed by atoms with Gasteiger partial charge in [-0.05, 0) is 36.6 Å². The number of aromatic nitrogens is 1. The number of aryl methyl sites for hydroxylation is 1. The van der Waals surface area contributed by atoms with Crippen molar-refractivity contribution in [3.05, 3.63) is 47.9 Å². The average molecular weight is 273 g/mol. The molecule has 0 atom stereocenters. The highest BCUT2D eigenvalue weighted by Gasteiger charge is 2.08. The smallest absolute Gasteiger partial charge is 0.136 e. The lowest BCUT2D eigenvalue weighted by Gasteiger charge is -2.08. The van der Waals surface area contributed by atoms with Gasteiger partial charge in [-0.1, -0.05) is 26.3 Å². The highest BCUT2D eigenvalue weighted by Crippen LogP contribution is 2.25. The van der Waals surface area contributed by atoms with Gasteiger partial charge in [0.15, 0.2) is 0 Å². The number of ether oxygens (including phenoxy) is 1. The van der Waals surface area contributed by atoms with Gasteiger partial charge >= 0.3 is 0 Å². The predicted octanol–water partition coefficient (Wildman–Crippen LogP) is 4.63. The zero-order valence-corrected chi connectivity index (χ0v) is 12.0. The Morgan fingerprint density at radius 1 is 1.15 bits per heavy atom. The van der Waals surface area contributed by atoms with E-state index in [0.717, 1.165) is 24.8 Å². The summed E-state index contributed by atoms with van der Waals surface area (Å²) in [5.41, 5.74) is 2.31. The van der Waals surface area contributed by atoms with Crippen molar-refractivity contribution in [1.29, 1.82) is 0 Å². The highest BCUT2D eigenvalue weighted by atomic mass is 19.1. The van der Waals surface area contributed by atoms with Crippen LogP contribution in [0.1, 0.15) is 32.3 Å². The van der Waals surface area contributed by atoms with Gasteiger partial charge in [-0.3, -0.25) is 4.98 Å². The van der Waals surface area contributed by atoms with Crippen LogP contribution in [-0.2, 0) is 6.42 Å². The molecule has 0 fully saturated rings. The lowest BCUT2D eigenvalue weighted by molar-refractivity contribution is 0.308. The molecule has 3 heteroatoms. The zero-order chi connectivity index (χ0) is 14.4. The van der Waals surface area contributed by atoms with Crippen molar-refractivity contribution < 1.29 is 9.13 Å². The molecule has 1 heterocycles. The van der Waals surface area contributed by atoms with Crippen molar-refractivity contribution in [2.75, 3.05) is 6.61 Å². The van der Waals surface area contributed by atoms with Crippen molar-refractivity contribution in [3.63, 3.8) is 0 Å². The van der Waals surface area contributed by atoms with E-state index < -0.39 is 0 Å². The van der Waals surface area contributed by atoms with E-state index in [4.69, 9.17) is 4.74 Å². The molecule has 0 aliphatic carbocycles. The Morgan fingerprint density at radius 2 is 2.00 bits per heavy atom. The van der Waals surface area contributed by atoms with Gasteiger partial charge in [-0.25, -0.2) is 4.39 Å². The second-order valence-corrected chi connectivity index (χ2v) is 4.75. The quantitative estimate of drug-likeness (QED) is 0.716. The standard InChI is InChI=1S/C17H20FNO/c1-3-5-10-20-14-7-8-15(16(18)11-14)17-9-6-13(4-2)12-19-17/h6-9,11-12H,3-5,10H2,1-2H3. The molecule has 0 unspecified atom stereocenters. The minimum absolute atomic E-state index is 0.296. The van der Waals surface area contributed by atoms with E-state index in [1.54, 1.807) is 18.3 Å². The first-order valence-corrected chi connectivity index (χ1v) is 7.12. The number of hydrogen-bond acceptors (Lipinski definition) is 2. The summed E-state index contributed by atoms with van der Waals surface area (Å²) in [6.45, 7) is 4.79. The fourth-order valence-corrected chi connectivity index (χ4v) is 1.92. The zero-order valence-electron chi connectivity index (χ0n) is 12.0. The number of halogens is 1. The number of benzene rings is 1. The molecule has 0 N–H and O–H groups in total. The van der Waals surface area contributed by atoms with Gasteiger partial charge in [-0.15, -0.1) is 0 Å². The van der Waals surface area contributed by atoms with Crippen LogP contribution in [0.5, 0.6) is 5.75 Å². The first-order chi connectivity index (χ1) is 9.74. The van der Waals surface area contributed by atoms with E-state index in [1.165, 1.54) is 6.07 Å². The normalized spacial score (nSPS) is 10.6. The van der Waals surface area contributed by atoms with E-state index >= 15 is 0 Å². The predicted molar refractivity (Wildman–Crippen MR) is 79.4 cm³/mol. The van der Waals surface area contributed by atoms with Crippen LogP contribution in [0.4, 0.5) is 4.39 Å². The fraction of sp³-hybridized carbons (Fsp3) is 0.353. The van der Waals surface area contributed by atoms with Crippen molar-refractivity contribution in [2.45, 2.75) is 33.1 Å². The van der Waals surface area contributed by atoms with Gasteiger partial charge in [0.25, 0.3) is 0 Å². The van der Waals surface area contributed by atoms with Crippen LogP contribution in [0, 0.1) is 5.82 Å². The summed E-state index contributed by atoms with van der Waals surface area (Å²) in [5, 5.41) is 0. The van der Waals surface area contributed by atoms with Crippen LogP contribution >= 0.6 is 0 Å². The molecule has 1 aromatic heterocycles. The number of nitrogens with zero attached hydrogens (tertiary/aromatic N) is 1. The summed E-state index contributed by atoms with van der Waals surface area (Å²) in [7, 11) is 0. The Hall–Kier alpha value is -1.90. The molecule has 0 spiro atoms. The maximum absolute atomic E-state index is 14.1. The van der Waals surface area contributed by atoms with Crippen LogP contribution < -0.4 is 4.74 Å². The topological polar surface area (TPSA) is 22.1 Å². The van der Waals surface area contributed by atoms with Gasteiger partial charge < -0.3 is 4.74 Å². The molecule has 20 heavy (non-hydrogen) atoms. The monoisotopic (exact) mass is 273 g/mol. The van der Waals surface area contributed by atoms with Crippen molar-refractivity contribution >= 4 is 0 Å². The van der Waals surface area contributed by atoms with E-state index in [9.17, 15) is 4.39 Å². The van der Waals surface area contributed by atoms with Gasteiger partial charge in [0.2, 0.25) is 0 Å². The third-order valence-electron chi connectivity index (χ3n) is 3.22. The second kappa shape index (κ2) is 7.04. The molecule has 0 amide bonds. The van der Waals surface area contributed by atoms with E-state index in [0.29, 0.717) is 23.6 Å². The third-order valence-corrected chi connectivity index (χ3v) is 3.22. The van der Waals surface area contributed by atoms with Crippen LogP contribution in [-0.4, -0.2) is 11.6 Å². The molecule has 0 saturated heterocycles. The van der Waals surface area contributed by atoms with Crippen LogP contribution in [0.2, 0.25) is 0 Å². The Kier molecular flexibility index (Phi) is 5.10. The number of pyridine rings is 1. The molecule has 0 aliphatic rings. The van der Waals surface area contributed by atoms with Crippen molar-refractivity contribution in [1.82, 2.24) is 4.98 Å². The summed E-state index contributed by atoms with van der Waals surface area (Å²) >= 11 is 0. The minimum Gasteiger partial charge on any atom is -0.493 e. The SMILES string of the molecule is CCCCOc1ccc(-c2ccc(CC)cn2)c(F)c1. The molecule has 2 rings (SSSR count). The molecule has 0 saturated carbocycles. The van der Waals surface area contributed by atoms with E-state index in [1.807, 2.05) is 12.1 Å². The average Bonchev–Trinajstić information content (AvgIpc) is 2.48. The third kappa shape index (κ3) is 3.56. The van der Waals surface area contributed by atoms with Gasteiger partial charge in [0.05, 0.1) is 12.3 Å². The lowest BCUT2D eigenvalue weighted by atomic mass is 10.1. The van der Waals surface area contributed by atoms with E-state index in [2.05, 4.69) is 18.8 Å². The lowest BCUT2D eigenvalue weighted by Crippen LogP contribution is -1.97. The first-order valence-electron chi connectivity index (χ1n) is 7.12. The Balaban J connectivity index is 2.15. The molecule has 106 valence electrons. The molecule has 0 radical (unpaired) electrons. The molecule has 2 nitrogen and oxygen atoms in total. The first kappa shape index (κ1) is 14.5. The minimum atomic E-state index is -0.296. The number of rotatable bonds is 6. The molecule has 2 aromatic rings. The maximum Gasteiger partial charge on any atom is 0.136 e. The van der Waals surface area contributed by atoms with E-state index in [-0.39, 0.29) is 5.82 Å². The summed E-state index contributed by atoms with van der Waals surface area (Å²) in [4.78, 5) is 4.30. The molecular weight excluding hydrogens is 253 g/mol. The Bertz CT molecular complexity index is 551. The summed E-state index contributed by atoms with van der Waals surface area (Å²) in [6, 6.07) is 8.79. The van der Waals surface area contributed by atoms with Gasteiger partial charge in [-0.2, -0.15) is 0 Å². The van der Waals surface area contributed by atoms with Gasteiger partial charge in [0.1, 0.15) is 11.6 Å². The largest absolute Gasteiger partial charge is 0.493 e. The van der Waals surface area contributed by atoms with Crippen LogP contribution in [0.15, 0.2) is 36.5 Å². The van der Waals surface area contributed by atoms with Crippen molar-refractivity contribution in [3.8, 4) is 17.0 Å². The maximum atomic E-state index is 14.1. The van der Waals surface area contributed by atoms with Gasteiger partial charge in [0, 0.05) is 17.8 Å². The Labute approximate surface area is 119 Å². The summed E-state index contributed by atoms with van der Waals surface area (Å²) in [6.07, 6.45) is 4.76. The van der Waals surface area contributed by atoms with Crippen LogP contribution in [0.3, 0.4) is 0 Å². The number of unbranched alkanes of at least 4 members (excludes halogenated alkanes) is 1. The molecular formula is C17H20FNO. The second-order valence-electron chi connectivity index (χ2n) is 4.75. The van der Waals surface area contributed by atoms with Crippen LogP contribution in [0.25, 0.3) is 11.3 Å². The molecule has 0 aliphatic heterocycles.